The molecule has 19 heavy (non-hydrogen) atoms. The van der Waals surface area contributed by atoms with Gasteiger partial charge in [0, 0.05) is 25.3 Å². The normalized spacial score (nSPS) is 16.5. The third-order valence-electron chi connectivity index (χ3n) is 3.30. The minimum atomic E-state index is -0.481. The van der Waals surface area contributed by atoms with Gasteiger partial charge in [0.2, 0.25) is 5.91 Å². The fourth-order valence-corrected chi connectivity index (χ4v) is 2.44. The van der Waals surface area contributed by atoms with Crippen molar-refractivity contribution in [2.24, 2.45) is 11.7 Å². The van der Waals surface area contributed by atoms with Crippen LogP contribution in [0.5, 0.6) is 0 Å². The van der Waals surface area contributed by atoms with Crippen molar-refractivity contribution in [1.82, 2.24) is 4.90 Å². The number of nitrogens with one attached hydrogen (secondary N) is 1. The van der Waals surface area contributed by atoms with Gasteiger partial charge in [-0.05, 0) is 36.1 Å². The molecular weight excluding hydrogens is 238 g/mol. The number of hydrogen-bond donors (Lipinski definition) is 2. The van der Waals surface area contributed by atoms with Crippen molar-refractivity contribution in [2.45, 2.75) is 39.9 Å². The predicted molar refractivity (Wildman–Crippen MR) is 77.7 cm³/mol. The molecule has 2 rings (SSSR count). The van der Waals surface area contributed by atoms with Gasteiger partial charge in [0.25, 0.3) is 0 Å². The molecule has 0 aliphatic carbocycles. The molecule has 0 radical (unpaired) electrons. The molecule has 1 aliphatic rings. The molecule has 1 heterocycles. The van der Waals surface area contributed by atoms with Crippen LogP contribution in [0.25, 0.3) is 0 Å². The molecule has 3 N–H and O–H groups in total. The molecule has 0 bridgehead atoms. The van der Waals surface area contributed by atoms with Crippen molar-refractivity contribution in [1.29, 1.82) is 0 Å². The molecular formula is C15H23N3O. The fraction of sp³-hybridized carbons (Fsp3) is 0.533. The van der Waals surface area contributed by atoms with Gasteiger partial charge in [-0.2, -0.15) is 0 Å². The van der Waals surface area contributed by atoms with Crippen LogP contribution in [0.15, 0.2) is 18.2 Å². The summed E-state index contributed by atoms with van der Waals surface area (Å²) in [6.45, 7) is 9.24. The summed E-state index contributed by atoms with van der Waals surface area (Å²) in [5.41, 5.74) is 9.06. The lowest BCUT2D eigenvalue weighted by Crippen LogP contribution is -2.32. The number of nitrogens with zero attached hydrogens (tertiary/aromatic N) is 1. The highest BCUT2D eigenvalue weighted by molar-refractivity contribution is 5.94. The lowest BCUT2D eigenvalue weighted by molar-refractivity contribution is -0.117. The summed E-state index contributed by atoms with van der Waals surface area (Å²) in [7, 11) is 0. The lowest BCUT2D eigenvalue weighted by atomic mass is 10.1. The van der Waals surface area contributed by atoms with Crippen LogP contribution in [0.4, 0.5) is 5.69 Å². The maximum atomic E-state index is 11.6. The van der Waals surface area contributed by atoms with E-state index >= 15 is 0 Å². The third-order valence-corrected chi connectivity index (χ3v) is 3.30. The summed E-state index contributed by atoms with van der Waals surface area (Å²) < 4.78 is 0. The van der Waals surface area contributed by atoms with Gasteiger partial charge in [0.05, 0.1) is 6.04 Å². The molecule has 1 aliphatic heterocycles. The van der Waals surface area contributed by atoms with Gasteiger partial charge in [-0.3, -0.25) is 9.69 Å². The monoisotopic (exact) mass is 261 g/mol. The Balaban J connectivity index is 2.04. The van der Waals surface area contributed by atoms with Crippen molar-refractivity contribution in [3.63, 3.8) is 0 Å². The zero-order valence-corrected chi connectivity index (χ0v) is 11.9. The number of fused-ring (bicyclic) bond motifs is 1. The van der Waals surface area contributed by atoms with Crippen molar-refractivity contribution < 1.29 is 4.79 Å². The zero-order valence-electron chi connectivity index (χ0n) is 11.9. The Morgan fingerprint density at radius 2 is 2.00 bits per heavy atom. The molecule has 0 aromatic heterocycles. The molecule has 4 nitrogen and oxygen atoms in total. The van der Waals surface area contributed by atoms with Gasteiger partial charge in [-0.1, -0.05) is 19.9 Å². The van der Waals surface area contributed by atoms with Gasteiger partial charge >= 0.3 is 0 Å². The summed E-state index contributed by atoms with van der Waals surface area (Å²) in [6, 6.07) is 5.64. The maximum absolute atomic E-state index is 11.6. The summed E-state index contributed by atoms with van der Waals surface area (Å²) in [5.74, 6) is 0.531. The van der Waals surface area contributed by atoms with Crippen LogP contribution in [-0.4, -0.2) is 23.4 Å². The Kier molecular flexibility index (Phi) is 4.22. The molecule has 1 aromatic carbocycles. The third kappa shape index (κ3) is 3.55. The van der Waals surface area contributed by atoms with E-state index in [0.717, 1.165) is 25.3 Å². The average Bonchev–Trinajstić information content (AvgIpc) is 2.69. The van der Waals surface area contributed by atoms with E-state index in [0.29, 0.717) is 5.92 Å². The Morgan fingerprint density at radius 3 is 2.63 bits per heavy atom. The summed E-state index contributed by atoms with van der Waals surface area (Å²) in [4.78, 5) is 14.0. The van der Waals surface area contributed by atoms with E-state index in [1.165, 1.54) is 11.1 Å². The van der Waals surface area contributed by atoms with Gasteiger partial charge in [0.1, 0.15) is 0 Å². The molecule has 1 atom stereocenters. The number of carbonyl (C=O) groups is 1. The first-order valence-electron chi connectivity index (χ1n) is 6.86. The first-order valence-corrected chi connectivity index (χ1v) is 6.86. The van der Waals surface area contributed by atoms with Crippen molar-refractivity contribution in [3.8, 4) is 0 Å². The quantitative estimate of drug-likeness (QED) is 0.871. The summed E-state index contributed by atoms with van der Waals surface area (Å²) in [6.07, 6.45) is 0. The highest BCUT2D eigenvalue weighted by atomic mass is 16.2. The van der Waals surface area contributed by atoms with Crippen LogP contribution < -0.4 is 11.1 Å². The Morgan fingerprint density at radius 1 is 1.32 bits per heavy atom. The number of carbonyl (C=O) groups excluding carboxylic acids is 1. The van der Waals surface area contributed by atoms with Crippen molar-refractivity contribution >= 4 is 11.6 Å². The smallest absolute Gasteiger partial charge is 0.240 e. The minimum Gasteiger partial charge on any atom is -0.325 e. The molecule has 1 aromatic rings. The second-order valence-corrected chi connectivity index (χ2v) is 5.82. The summed E-state index contributed by atoms with van der Waals surface area (Å²) in [5, 5.41) is 2.84. The van der Waals surface area contributed by atoms with Crippen molar-refractivity contribution in [2.75, 3.05) is 11.9 Å². The summed E-state index contributed by atoms with van der Waals surface area (Å²) >= 11 is 0. The molecule has 0 spiro atoms. The lowest BCUT2D eigenvalue weighted by Gasteiger charge is -2.16. The highest BCUT2D eigenvalue weighted by Gasteiger charge is 2.20. The topological polar surface area (TPSA) is 58.4 Å². The number of rotatable bonds is 4. The fourth-order valence-electron chi connectivity index (χ4n) is 2.44. The van der Waals surface area contributed by atoms with E-state index in [1.807, 2.05) is 6.07 Å². The van der Waals surface area contributed by atoms with E-state index in [2.05, 4.69) is 36.2 Å². The SMILES string of the molecule is CC(C)CN1Cc2ccc(NC(=O)C(C)N)cc2C1. The molecule has 1 amide bonds. The first-order chi connectivity index (χ1) is 8.95. The van der Waals surface area contributed by atoms with Crippen LogP contribution in [0, 0.1) is 5.92 Å². The van der Waals surface area contributed by atoms with Crippen molar-refractivity contribution in [3.05, 3.63) is 29.3 Å². The minimum absolute atomic E-state index is 0.142. The molecule has 1 unspecified atom stereocenters. The number of hydrogen-bond acceptors (Lipinski definition) is 3. The predicted octanol–water partition coefficient (Wildman–Crippen LogP) is 1.94. The van der Waals surface area contributed by atoms with E-state index in [4.69, 9.17) is 5.73 Å². The van der Waals surface area contributed by atoms with Gasteiger partial charge in [-0.25, -0.2) is 0 Å². The Labute approximate surface area is 115 Å². The van der Waals surface area contributed by atoms with E-state index in [9.17, 15) is 4.79 Å². The standard InChI is InChI=1S/C15H23N3O/c1-10(2)7-18-8-12-4-5-14(6-13(12)9-18)17-15(19)11(3)16/h4-6,10-11H,7-9,16H2,1-3H3,(H,17,19). The number of nitrogens with two attached hydrogens (primary N) is 1. The second-order valence-electron chi connectivity index (χ2n) is 5.82. The highest BCUT2D eigenvalue weighted by Crippen LogP contribution is 2.26. The average molecular weight is 261 g/mol. The van der Waals surface area contributed by atoms with Crippen LogP contribution in [0.2, 0.25) is 0 Å². The van der Waals surface area contributed by atoms with Crippen LogP contribution in [0.3, 0.4) is 0 Å². The Hall–Kier alpha value is -1.39. The molecule has 104 valence electrons. The number of anilines is 1. The van der Waals surface area contributed by atoms with Gasteiger partial charge in [-0.15, -0.1) is 0 Å². The van der Waals surface area contributed by atoms with E-state index in [1.54, 1.807) is 6.92 Å². The van der Waals surface area contributed by atoms with Gasteiger partial charge in [0.15, 0.2) is 0 Å². The van der Waals surface area contributed by atoms with E-state index in [-0.39, 0.29) is 5.91 Å². The van der Waals surface area contributed by atoms with Crippen LogP contribution >= 0.6 is 0 Å². The molecule has 0 fully saturated rings. The van der Waals surface area contributed by atoms with Crippen LogP contribution in [-0.2, 0) is 17.9 Å². The van der Waals surface area contributed by atoms with E-state index < -0.39 is 6.04 Å². The maximum Gasteiger partial charge on any atom is 0.240 e. The number of amides is 1. The second kappa shape index (κ2) is 5.72. The largest absolute Gasteiger partial charge is 0.325 e. The molecule has 0 saturated carbocycles. The molecule has 0 saturated heterocycles. The van der Waals surface area contributed by atoms with Crippen LogP contribution in [0.1, 0.15) is 31.9 Å². The first kappa shape index (κ1) is 14.0. The zero-order chi connectivity index (χ0) is 14.0. The Bertz CT molecular complexity index is 468. The molecule has 4 heteroatoms. The van der Waals surface area contributed by atoms with Gasteiger partial charge < -0.3 is 11.1 Å². The number of benzene rings is 1.